The second kappa shape index (κ2) is 5.94. The van der Waals surface area contributed by atoms with Gasteiger partial charge in [-0.25, -0.2) is 0 Å². The average Bonchev–Trinajstić information content (AvgIpc) is 2.15. The van der Waals surface area contributed by atoms with E-state index in [2.05, 4.69) is 0 Å². The van der Waals surface area contributed by atoms with Crippen molar-refractivity contribution in [2.45, 2.75) is 27.4 Å². The maximum absolute atomic E-state index is 5.92. The zero-order valence-corrected chi connectivity index (χ0v) is 13.4. The Hall–Kier alpha value is 0.960. The second-order valence-corrected chi connectivity index (χ2v) is 8.14. The van der Waals surface area contributed by atoms with Crippen LogP contribution in [0.25, 0.3) is 0 Å². The molecule has 0 spiro atoms. The standard InChI is InChI=1S/C11H10Cl6/c1-2-4-7-8(10(12,13)14)5-3-6-9(7)11(15,16)17/h3,5-6H,2,4H2,1H3. The van der Waals surface area contributed by atoms with Crippen molar-refractivity contribution in [2.75, 3.05) is 0 Å². The van der Waals surface area contributed by atoms with Crippen molar-refractivity contribution in [2.24, 2.45) is 0 Å². The third-order valence-electron chi connectivity index (χ3n) is 2.29. The van der Waals surface area contributed by atoms with Gasteiger partial charge in [0, 0.05) is 11.1 Å². The van der Waals surface area contributed by atoms with Crippen LogP contribution in [0.3, 0.4) is 0 Å². The SMILES string of the molecule is CCCc1c(C(Cl)(Cl)Cl)cccc1C(Cl)(Cl)Cl. The molecule has 0 aliphatic heterocycles. The number of alkyl halides is 6. The topological polar surface area (TPSA) is 0 Å². The highest BCUT2D eigenvalue weighted by molar-refractivity contribution is 6.67. The maximum atomic E-state index is 5.92. The predicted octanol–water partition coefficient (Wildman–Crippen LogP) is 6.29. The predicted molar refractivity (Wildman–Crippen MR) is 78.9 cm³/mol. The van der Waals surface area contributed by atoms with Crippen molar-refractivity contribution in [1.29, 1.82) is 0 Å². The Balaban J connectivity index is 3.43. The first kappa shape index (κ1) is 16.0. The lowest BCUT2D eigenvalue weighted by Crippen LogP contribution is -2.12. The third kappa shape index (κ3) is 4.23. The van der Waals surface area contributed by atoms with Gasteiger partial charge in [-0.3, -0.25) is 0 Å². The van der Waals surface area contributed by atoms with Crippen LogP contribution in [0, 0.1) is 0 Å². The molecule has 1 rings (SSSR count). The molecule has 0 aromatic heterocycles. The second-order valence-electron chi connectivity index (χ2n) is 3.58. The molecule has 1 aromatic carbocycles. The van der Waals surface area contributed by atoms with Crippen molar-refractivity contribution >= 4 is 69.6 Å². The Morgan fingerprint density at radius 3 is 1.59 bits per heavy atom. The molecule has 0 bridgehead atoms. The highest BCUT2D eigenvalue weighted by Gasteiger charge is 2.32. The van der Waals surface area contributed by atoms with Crippen molar-refractivity contribution in [1.82, 2.24) is 0 Å². The summed E-state index contributed by atoms with van der Waals surface area (Å²) in [5.74, 6) is 0. The highest BCUT2D eigenvalue weighted by Crippen LogP contribution is 2.46. The molecule has 0 aliphatic rings. The summed E-state index contributed by atoms with van der Waals surface area (Å²) in [6.07, 6.45) is 1.55. The quantitative estimate of drug-likeness (QED) is 0.547. The molecular formula is C11H10Cl6. The van der Waals surface area contributed by atoms with Gasteiger partial charge in [-0.2, -0.15) is 0 Å². The molecule has 1 aromatic rings. The van der Waals surface area contributed by atoms with Crippen LogP contribution in [0.2, 0.25) is 0 Å². The molecule has 17 heavy (non-hydrogen) atoms. The fourth-order valence-electron chi connectivity index (χ4n) is 1.64. The van der Waals surface area contributed by atoms with E-state index in [-0.39, 0.29) is 0 Å². The Labute approximate surface area is 131 Å². The molecule has 0 aliphatic carbocycles. The molecule has 0 amide bonds. The molecule has 0 radical (unpaired) electrons. The van der Waals surface area contributed by atoms with E-state index in [9.17, 15) is 0 Å². The van der Waals surface area contributed by atoms with Gasteiger partial charge in [-0.05, 0) is 12.0 Å². The largest absolute Gasteiger partial charge is 0.216 e. The van der Waals surface area contributed by atoms with Crippen LogP contribution < -0.4 is 0 Å². The van der Waals surface area contributed by atoms with Gasteiger partial charge < -0.3 is 0 Å². The summed E-state index contributed by atoms with van der Waals surface area (Å²) in [5.41, 5.74) is 1.91. The van der Waals surface area contributed by atoms with E-state index >= 15 is 0 Å². The first-order valence-corrected chi connectivity index (χ1v) is 7.21. The van der Waals surface area contributed by atoms with Crippen molar-refractivity contribution < 1.29 is 0 Å². The van der Waals surface area contributed by atoms with Gasteiger partial charge in [-0.1, -0.05) is 101 Å². The fraction of sp³-hybridized carbons (Fsp3) is 0.455. The summed E-state index contributed by atoms with van der Waals surface area (Å²) in [5, 5.41) is 0. The van der Waals surface area contributed by atoms with Crippen LogP contribution in [0.4, 0.5) is 0 Å². The summed E-state index contributed by atoms with van der Waals surface area (Å²) in [6, 6.07) is 5.18. The monoisotopic (exact) mass is 352 g/mol. The van der Waals surface area contributed by atoms with Gasteiger partial charge in [0.1, 0.15) is 0 Å². The molecule has 6 heteroatoms. The van der Waals surface area contributed by atoms with E-state index in [0.29, 0.717) is 17.5 Å². The first-order chi connectivity index (χ1) is 7.68. The molecule has 0 fully saturated rings. The molecule has 0 nitrogen and oxygen atoms in total. The molecule has 96 valence electrons. The normalized spacial score (nSPS) is 12.9. The number of hydrogen-bond acceptors (Lipinski definition) is 0. The summed E-state index contributed by atoms with van der Waals surface area (Å²) in [4.78, 5) is 0. The highest BCUT2D eigenvalue weighted by atomic mass is 35.6. The minimum atomic E-state index is -1.52. The molecule has 0 N–H and O–H groups in total. The molecule has 0 unspecified atom stereocenters. The summed E-state index contributed by atoms with van der Waals surface area (Å²) in [6.45, 7) is 2.01. The summed E-state index contributed by atoms with van der Waals surface area (Å²) in [7, 11) is 0. The number of rotatable bonds is 2. The fourth-order valence-corrected chi connectivity index (χ4v) is 2.70. The Morgan fingerprint density at radius 2 is 1.29 bits per heavy atom. The van der Waals surface area contributed by atoms with Crippen LogP contribution in [-0.4, -0.2) is 0 Å². The van der Waals surface area contributed by atoms with Gasteiger partial charge in [0.15, 0.2) is 0 Å². The number of benzene rings is 1. The average molecular weight is 355 g/mol. The zero-order valence-electron chi connectivity index (χ0n) is 8.91. The van der Waals surface area contributed by atoms with E-state index in [4.69, 9.17) is 69.6 Å². The molecule has 0 saturated heterocycles. The summed E-state index contributed by atoms with van der Waals surface area (Å²) < 4.78 is -3.03. The Kier molecular flexibility index (Phi) is 5.60. The molecule has 0 atom stereocenters. The van der Waals surface area contributed by atoms with Gasteiger partial charge in [0.25, 0.3) is 0 Å². The third-order valence-corrected chi connectivity index (χ3v) is 3.51. The number of halogens is 6. The zero-order chi connectivity index (χ0) is 13.3. The van der Waals surface area contributed by atoms with Crippen molar-refractivity contribution in [3.8, 4) is 0 Å². The first-order valence-electron chi connectivity index (χ1n) is 4.94. The van der Waals surface area contributed by atoms with Gasteiger partial charge in [-0.15, -0.1) is 0 Å². The van der Waals surface area contributed by atoms with Crippen LogP contribution in [-0.2, 0) is 14.0 Å². The number of hydrogen-bond donors (Lipinski definition) is 0. The molecule has 0 saturated carbocycles. The van der Waals surface area contributed by atoms with E-state index in [0.717, 1.165) is 12.0 Å². The van der Waals surface area contributed by atoms with E-state index in [1.807, 2.05) is 6.92 Å². The summed E-state index contributed by atoms with van der Waals surface area (Å²) >= 11 is 35.5. The Morgan fingerprint density at radius 1 is 0.882 bits per heavy atom. The van der Waals surface area contributed by atoms with Gasteiger partial charge in [0.05, 0.1) is 0 Å². The van der Waals surface area contributed by atoms with E-state index in [1.165, 1.54) is 0 Å². The smallest absolute Gasteiger partial charge is 0.0784 e. The van der Waals surface area contributed by atoms with Crippen LogP contribution in [0.15, 0.2) is 18.2 Å². The Bertz CT molecular complexity index is 356. The van der Waals surface area contributed by atoms with E-state index < -0.39 is 7.59 Å². The minimum absolute atomic E-state index is 0.563. The van der Waals surface area contributed by atoms with Crippen molar-refractivity contribution in [3.63, 3.8) is 0 Å². The molecular weight excluding hydrogens is 345 g/mol. The lowest BCUT2D eigenvalue weighted by molar-refractivity contribution is 0.884. The minimum Gasteiger partial charge on any atom is -0.0784 e. The van der Waals surface area contributed by atoms with Crippen LogP contribution in [0.5, 0.6) is 0 Å². The van der Waals surface area contributed by atoms with Gasteiger partial charge >= 0.3 is 0 Å². The maximum Gasteiger partial charge on any atom is 0.216 e. The van der Waals surface area contributed by atoms with Gasteiger partial charge in [0.2, 0.25) is 7.59 Å². The van der Waals surface area contributed by atoms with Crippen LogP contribution >= 0.6 is 69.6 Å². The molecule has 0 heterocycles. The lowest BCUT2D eigenvalue weighted by atomic mass is 9.98. The van der Waals surface area contributed by atoms with Crippen molar-refractivity contribution in [3.05, 3.63) is 34.9 Å². The van der Waals surface area contributed by atoms with E-state index in [1.54, 1.807) is 18.2 Å². The lowest BCUT2D eigenvalue weighted by Gasteiger charge is -2.22. The van der Waals surface area contributed by atoms with Crippen LogP contribution in [0.1, 0.15) is 30.0 Å².